The second-order valence-corrected chi connectivity index (χ2v) is 5.05. The predicted molar refractivity (Wildman–Crippen MR) is 83.8 cm³/mol. The smallest absolute Gasteiger partial charge is 0.315 e. The third-order valence-electron chi connectivity index (χ3n) is 2.76. The van der Waals surface area contributed by atoms with Crippen molar-refractivity contribution < 1.29 is 14.4 Å². The van der Waals surface area contributed by atoms with Crippen molar-refractivity contribution in [2.24, 2.45) is 0 Å². The molecule has 2 rings (SSSR count). The average Bonchev–Trinajstić information content (AvgIpc) is 2.47. The van der Waals surface area contributed by atoms with Crippen LogP contribution in [0.4, 0.5) is 5.69 Å². The molecule has 0 heterocycles. The van der Waals surface area contributed by atoms with Gasteiger partial charge in [-0.2, -0.15) is 0 Å². The van der Waals surface area contributed by atoms with Gasteiger partial charge in [0, 0.05) is 10.4 Å². The highest BCUT2D eigenvalue weighted by atomic mass is 79.9. The Morgan fingerprint density at radius 2 is 1.95 bits per heavy atom. The highest BCUT2D eigenvalue weighted by Crippen LogP contribution is 2.35. The number of benzene rings is 2. The van der Waals surface area contributed by atoms with Crippen LogP contribution in [0.1, 0.15) is 5.56 Å². The van der Waals surface area contributed by atoms with Crippen LogP contribution in [-0.2, 0) is 5.33 Å². The second kappa shape index (κ2) is 6.78. The Labute approximate surface area is 134 Å². The monoisotopic (exact) mass is 371 g/mol. The molecule has 7 heteroatoms. The summed E-state index contributed by atoms with van der Waals surface area (Å²) in [4.78, 5) is 10.6. The number of hydrogen-bond acceptors (Lipinski definition) is 4. The molecule has 0 radical (unpaired) electrons. The quantitative estimate of drug-likeness (QED) is 0.423. The first-order valence-corrected chi connectivity index (χ1v) is 7.39. The van der Waals surface area contributed by atoms with Crippen molar-refractivity contribution in [3.05, 3.63) is 57.1 Å². The molecule has 0 unspecified atom stereocenters. The maximum Gasteiger partial charge on any atom is 0.315 e. The van der Waals surface area contributed by atoms with Gasteiger partial charge in [-0.05, 0) is 29.8 Å². The highest BCUT2D eigenvalue weighted by molar-refractivity contribution is 9.08. The number of nitro groups is 1. The lowest BCUT2D eigenvalue weighted by atomic mass is 10.2. The van der Waals surface area contributed by atoms with Crippen LogP contribution in [0, 0.1) is 10.1 Å². The maximum absolute atomic E-state index is 11.1. The average molecular weight is 373 g/mol. The number of halogens is 2. The summed E-state index contributed by atoms with van der Waals surface area (Å²) in [6.07, 6.45) is 0. The third-order valence-corrected chi connectivity index (χ3v) is 3.72. The molecule has 0 aliphatic rings. The van der Waals surface area contributed by atoms with E-state index in [4.69, 9.17) is 21.1 Å². The largest absolute Gasteiger partial charge is 0.496 e. The minimum atomic E-state index is -0.522. The van der Waals surface area contributed by atoms with E-state index in [1.165, 1.54) is 19.2 Å². The van der Waals surface area contributed by atoms with Crippen molar-refractivity contribution in [1.82, 2.24) is 0 Å². The summed E-state index contributed by atoms with van der Waals surface area (Å²) in [5.41, 5.74) is 0.739. The van der Waals surface area contributed by atoms with E-state index in [1.54, 1.807) is 24.3 Å². The summed E-state index contributed by atoms with van der Waals surface area (Å²) in [6.45, 7) is 0. The van der Waals surface area contributed by atoms with E-state index in [2.05, 4.69) is 15.9 Å². The molecular formula is C14H11BrClNO4. The second-order valence-electron chi connectivity index (χ2n) is 4.08. The van der Waals surface area contributed by atoms with E-state index in [0.717, 1.165) is 5.56 Å². The summed E-state index contributed by atoms with van der Waals surface area (Å²) in [5, 5.41) is 12.2. The zero-order valence-electron chi connectivity index (χ0n) is 11.0. The summed E-state index contributed by atoms with van der Waals surface area (Å²) >= 11 is 9.40. The Morgan fingerprint density at radius 1 is 1.24 bits per heavy atom. The Kier molecular flexibility index (Phi) is 5.03. The normalized spacial score (nSPS) is 10.2. The van der Waals surface area contributed by atoms with Crippen molar-refractivity contribution in [1.29, 1.82) is 0 Å². The molecule has 0 fully saturated rings. The molecule has 2 aromatic carbocycles. The minimum absolute atomic E-state index is 0.128. The lowest BCUT2D eigenvalue weighted by molar-refractivity contribution is -0.385. The number of hydrogen-bond donors (Lipinski definition) is 0. The van der Waals surface area contributed by atoms with Gasteiger partial charge in [-0.1, -0.05) is 33.6 Å². The zero-order chi connectivity index (χ0) is 15.4. The Morgan fingerprint density at radius 3 is 2.52 bits per heavy atom. The first kappa shape index (κ1) is 15.6. The molecule has 0 spiro atoms. The zero-order valence-corrected chi connectivity index (χ0v) is 13.3. The van der Waals surface area contributed by atoms with Crippen molar-refractivity contribution >= 4 is 33.2 Å². The van der Waals surface area contributed by atoms with Crippen molar-refractivity contribution in [2.75, 3.05) is 7.11 Å². The molecule has 110 valence electrons. The summed E-state index contributed by atoms with van der Waals surface area (Å²) in [5.74, 6) is 0.947. The number of nitrogens with zero attached hydrogens (tertiary/aromatic N) is 1. The molecule has 0 saturated heterocycles. The van der Waals surface area contributed by atoms with Crippen LogP contribution in [0.3, 0.4) is 0 Å². The molecule has 5 nitrogen and oxygen atoms in total. The molecule has 21 heavy (non-hydrogen) atoms. The van der Waals surface area contributed by atoms with Gasteiger partial charge in [-0.15, -0.1) is 0 Å². The topological polar surface area (TPSA) is 61.6 Å². The number of nitro benzene ring substituents is 1. The molecule has 0 aliphatic heterocycles. The third kappa shape index (κ3) is 3.65. The van der Waals surface area contributed by atoms with E-state index in [-0.39, 0.29) is 11.4 Å². The molecule has 2 aromatic rings. The maximum atomic E-state index is 11.1. The van der Waals surface area contributed by atoms with Crippen LogP contribution in [-0.4, -0.2) is 12.0 Å². The van der Waals surface area contributed by atoms with Crippen molar-refractivity contribution in [3.8, 4) is 17.2 Å². The molecule has 0 amide bonds. The van der Waals surface area contributed by atoms with E-state index in [9.17, 15) is 10.1 Å². The van der Waals surface area contributed by atoms with Crippen LogP contribution in [0.15, 0.2) is 36.4 Å². The summed E-state index contributed by atoms with van der Waals surface area (Å²) < 4.78 is 10.5. The van der Waals surface area contributed by atoms with Gasteiger partial charge < -0.3 is 9.47 Å². The summed E-state index contributed by atoms with van der Waals surface area (Å²) in [6, 6.07) is 9.51. The SMILES string of the molecule is COc1ccc(Oc2ccc(CBr)c(Cl)c2)c([N+](=O)[O-])c1. The van der Waals surface area contributed by atoms with Gasteiger partial charge in [0.1, 0.15) is 11.5 Å². The standard InChI is InChI=1S/C14H11BrClNO4/c1-20-10-4-5-14(13(7-10)17(18)19)21-11-3-2-9(8-15)12(16)6-11/h2-7H,8H2,1H3. The number of alkyl halides is 1. The van der Waals surface area contributed by atoms with Gasteiger partial charge in [0.25, 0.3) is 0 Å². The molecule has 0 aliphatic carbocycles. The molecular weight excluding hydrogens is 362 g/mol. The predicted octanol–water partition coefficient (Wildman–Crippen LogP) is 4.94. The van der Waals surface area contributed by atoms with E-state index in [1.807, 2.05) is 0 Å². The molecule has 0 atom stereocenters. The number of methoxy groups -OCH3 is 1. The fourth-order valence-electron chi connectivity index (χ4n) is 1.68. The van der Waals surface area contributed by atoms with E-state index in [0.29, 0.717) is 21.9 Å². The lowest BCUT2D eigenvalue weighted by Crippen LogP contribution is -1.95. The molecule has 0 N–H and O–H groups in total. The van der Waals surface area contributed by atoms with Gasteiger partial charge in [0.05, 0.1) is 18.1 Å². The lowest BCUT2D eigenvalue weighted by Gasteiger charge is -2.09. The number of ether oxygens (including phenoxy) is 2. The van der Waals surface area contributed by atoms with Gasteiger partial charge in [0.2, 0.25) is 5.75 Å². The van der Waals surface area contributed by atoms with Crippen LogP contribution in [0.2, 0.25) is 5.02 Å². The molecule has 0 saturated carbocycles. The van der Waals surface area contributed by atoms with Crippen LogP contribution < -0.4 is 9.47 Å². The van der Waals surface area contributed by atoms with Gasteiger partial charge in [0.15, 0.2) is 0 Å². The van der Waals surface area contributed by atoms with Gasteiger partial charge in [-0.25, -0.2) is 0 Å². The first-order chi connectivity index (χ1) is 10.0. The van der Waals surface area contributed by atoms with Crippen molar-refractivity contribution in [3.63, 3.8) is 0 Å². The first-order valence-electron chi connectivity index (χ1n) is 5.90. The Balaban J connectivity index is 2.35. The van der Waals surface area contributed by atoms with Gasteiger partial charge >= 0.3 is 5.69 Å². The van der Waals surface area contributed by atoms with Crippen LogP contribution in [0.25, 0.3) is 0 Å². The van der Waals surface area contributed by atoms with Crippen LogP contribution in [0.5, 0.6) is 17.2 Å². The Bertz CT molecular complexity index is 678. The van der Waals surface area contributed by atoms with Crippen molar-refractivity contribution in [2.45, 2.75) is 5.33 Å². The highest BCUT2D eigenvalue weighted by Gasteiger charge is 2.17. The van der Waals surface area contributed by atoms with Gasteiger partial charge in [-0.3, -0.25) is 10.1 Å². The molecule has 0 aromatic heterocycles. The number of rotatable bonds is 5. The summed E-state index contributed by atoms with van der Waals surface area (Å²) in [7, 11) is 1.44. The fraction of sp³-hybridized carbons (Fsp3) is 0.143. The Hall–Kier alpha value is -1.79. The fourth-order valence-corrected chi connectivity index (χ4v) is 2.57. The van der Waals surface area contributed by atoms with E-state index >= 15 is 0 Å². The van der Waals surface area contributed by atoms with Crippen LogP contribution >= 0.6 is 27.5 Å². The molecule has 0 bridgehead atoms. The minimum Gasteiger partial charge on any atom is -0.496 e. The van der Waals surface area contributed by atoms with E-state index < -0.39 is 4.92 Å².